The van der Waals surface area contributed by atoms with E-state index in [1.807, 2.05) is 25.7 Å². The summed E-state index contributed by atoms with van der Waals surface area (Å²) in [5, 5.41) is 3.05. The highest BCUT2D eigenvalue weighted by molar-refractivity contribution is 7.80. The van der Waals surface area contributed by atoms with Gasteiger partial charge in [0.1, 0.15) is 5.60 Å². The van der Waals surface area contributed by atoms with Crippen LogP contribution in [-0.2, 0) is 4.74 Å². The summed E-state index contributed by atoms with van der Waals surface area (Å²) in [5.41, 5.74) is -0.481. The van der Waals surface area contributed by atoms with Crippen molar-refractivity contribution in [3.8, 4) is 0 Å². The topological polar surface area (TPSA) is 41.6 Å². The van der Waals surface area contributed by atoms with Crippen molar-refractivity contribution in [3.05, 3.63) is 0 Å². The molecule has 0 aromatic carbocycles. The number of amides is 1. The molecule has 4 nitrogen and oxygen atoms in total. The molecular weight excluding hydrogens is 212 g/mol. The molecule has 0 aromatic heterocycles. The highest BCUT2D eigenvalue weighted by Gasteiger charge is 2.20. The van der Waals surface area contributed by atoms with E-state index in [-0.39, 0.29) is 0 Å². The van der Waals surface area contributed by atoms with Crippen molar-refractivity contribution in [1.29, 1.82) is 0 Å². The van der Waals surface area contributed by atoms with E-state index in [1.165, 1.54) is 0 Å². The molecule has 1 aliphatic rings. The van der Waals surface area contributed by atoms with Gasteiger partial charge in [-0.05, 0) is 45.8 Å². The fourth-order valence-electron chi connectivity index (χ4n) is 1.39. The average molecular weight is 230 g/mol. The summed E-state index contributed by atoms with van der Waals surface area (Å²) in [6, 6.07) is 0. The first kappa shape index (κ1) is 12.2. The maximum Gasteiger partial charge on any atom is 0.413 e. The number of thiocarbonyl (C=S) groups is 1. The Kier molecular flexibility index (Phi) is 3.90. The van der Waals surface area contributed by atoms with E-state index in [2.05, 4.69) is 5.32 Å². The molecule has 1 fully saturated rings. The van der Waals surface area contributed by atoms with E-state index < -0.39 is 11.7 Å². The molecule has 1 amide bonds. The highest BCUT2D eigenvalue weighted by Crippen LogP contribution is 2.09. The first-order valence-electron chi connectivity index (χ1n) is 5.17. The number of carbonyl (C=O) groups excluding carboxylic acids is 1. The van der Waals surface area contributed by atoms with Gasteiger partial charge in [0.15, 0.2) is 5.11 Å². The van der Waals surface area contributed by atoms with E-state index in [0.717, 1.165) is 25.9 Å². The fraction of sp³-hybridized carbons (Fsp3) is 0.800. The van der Waals surface area contributed by atoms with Gasteiger partial charge in [0.05, 0.1) is 0 Å². The Hall–Kier alpha value is -0.840. The van der Waals surface area contributed by atoms with E-state index in [0.29, 0.717) is 5.11 Å². The van der Waals surface area contributed by atoms with Crippen LogP contribution in [0.1, 0.15) is 33.6 Å². The zero-order valence-corrected chi connectivity index (χ0v) is 10.3. The Balaban J connectivity index is 2.34. The Labute approximate surface area is 96.0 Å². The molecule has 0 bridgehead atoms. The van der Waals surface area contributed by atoms with Gasteiger partial charge in [0.25, 0.3) is 0 Å². The van der Waals surface area contributed by atoms with Gasteiger partial charge in [0.2, 0.25) is 0 Å². The molecule has 5 heteroatoms. The van der Waals surface area contributed by atoms with Crippen molar-refractivity contribution in [2.24, 2.45) is 0 Å². The summed E-state index contributed by atoms with van der Waals surface area (Å²) in [4.78, 5) is 13.4. The second-order valence-electron chi connectivity index (χ2n) is 4.63. The molecule has 0 aromatic rings. The minimum absolute atomic E-state index is 0.473. The van der Waals surface area contributed by atoms with Crippen molar-refractivity contribution in [2.45, 2.75) is 39.2 Å². The predicted molar refractivity (Wildman–Crippen MR) is 62.8 cm³/mol. The maximum absolute atomic E-state index is 11.4. The van der Waals surface area contributed by atoms with E-state index in [1.54, 1.807) is 0 Å². The van der Waals surface area contributed by atoms with Crippen LogP contribution in [0.15, 0.2) is 0 Å². The third-order valence-electron chi connectivity index (χ3n) is 2.00. The van der Waals surface area contributed by atoms with Crippen LogP contribution in [0, 0.1) is 0 Å². The lowest BCUT2D eigenvalue weighted by Gasteiger charge is -2.22. The summed E-state index contributed by atoms with van der Waals surface area (Å²) in [5.74, 6) is 0. The van der Waals surface area contributed by atoms with Crippen molar-refractivity contribution >= 4 is 23.4 Å². The Bertz CT molecular complexity index is 255. The molecule has 0 aliphatic carbocycles. The van der Waals surface area contributed by atoms with Gasteiger partial charge in [0, 0.05) is 13.1 Å². The number of carbonyl (C=O) groups is 1. The molecule has 15 heavy (non-hydrogen) atoms. The van der Waals surface area contributed by atoms with Gasteiger partial charge >= 0.3 is 6.09 Å². The van der Waals surface area contributed by atoms with Crippen LogP contribution >= 0.6 is 12.2 Å². The van der Waals surface area contributed by atoms with Crippen molar-refractivity contribution in [2.75, 3.05) is 13.1 Å². The smallest absolute Gasteiger partial charge is 0.413 e. The zero-order valence-electron chi connectivity index (χ0n) is 9.50. The molecule has 1 aliphatic heterocycles. The number of hydrogen-bond donors (Lipinski definition) is 1. The van der Waals surface area contributed by atoms with E-state index in [9.17, 15) is 4.79 Å². The highest BCUT2D eigenvalue weighted by atomic mass is 32.1. The van der Waals surface area contributed by atoms with Gasteiger partial charge in [-0.2, -0.15) is 0 Å². The largest absolute Gasteiger partial charge is 0.444 e. The first-order valence-corrected chi connectivity index (χ1v) is 5.58. The monoisotopic (exact) mass is 230 g/mol. The molecule has 86 valence electrons. The van der Waals surface area contributed by atoms with Crippen molar-refractivity contribution < 1.29 is 9.53 Å². The van der Waals surface area contributed by atoms with Crippen LogP contribution in [-0.4, -0.2) is 34.8 Å². The molecule has 0 radical (unpaired) electrons. The van der Waals surface area contributed by atoms with Crippen LogP contribution in [0.5, 0.6) is 0 Å². The molecule has 1 N–H and O–H groups in total. The average Bonchev–Trinajstić information content (AvgIpc) is 2.50. The fourth-order valence-corrected chi connectivity index (χ4v) is 1.66. The van der Waals surface area contributed by atoms with Crippen molar-refractivity contribution in [3.63, 3.8) is 0 Å². The summed E-state index contributed by atoms with van der Waals surface area (Å²) in [7, 11) is 0. The van der Waals surface area contributed by atoms with Crippen LogP contribution in [0.3, 0.4) is 0 Å². The minimum Gasteiger partial charge on any atom is -0.444 e. The first-order chi connectivity index (χ1) is 6.88. The van der Waals surface area contributed by atoms with Crippen LogP contribution in [0.4, 0.5) is 4.79 Å². The number of nitrogens with one attached hydrogen (secondary N) is 1. The summed E-state index contributed by atoms with van der Waals surface area (Å²) in [6.07, 6.45) is 1.80. The molecule has 0 atom stereocenters. The van der Waals surface area contributed by atoms with Gasteiger partial charge in [-0.1, -0.05) is 0 Å². The van der Waals surface area contributed by atoms with Gasteiger partial charge in [-0.25, -0.2) is 4.79 Å². The Morgan fingerprint density at radius 3 is 2.33 bits per heavy atom. The third kappa shape index (κ3) is 4.46. The standard InChI is InChI=1S/C10H18N2O2S/c1-10(2,3)14-9(13)11-8(15)12-6-4-5-7-12/h4-7H2,1-3H3,(H,11,13,15). The lowest BCUT2D eigenvalue weighted by Crippen LogP contribution is -2.43. The van der Waals surface area contributed by atoms with Gasteiger partial charge in [-0.3, -0.25) is 5.32 Å². The summed E-state index contributed by atoms with van der Waals surface area (Å²) in [6.45, 7) is 7.33. The number of alkyl carbamates (subject to hydrolysis) is 1. The predicted octanol–water partition coefficient (Wildman–Crippen LogP) is 1.89. The second kappa shape index (κ2) is 4.79. The second-order valence-corrected chi connectivity index (χ2v) is 5.01. The third-order valence-corrected chi connectivity index (χ3v) is 2.36. The molecule has 1 heterocycles. The molecule has 0 saturated carbocycles. The van der Waals surface area contributed by atoms with Crippen LogP contribution < -0.4 is 5.32 Å². The van der Waals surface area contributed by atoms with E-state index >= 15 is 0 Å². The number of ether oxygens (including phenoxy) is 1. The molecular formula is C10H18N2O2S. The maximum atomic E-state index is 11.4. The Morgan fingerprint density at radius 2 is 1.87 bits per heavy atom. The SMILES string of the molecule is CC(C)(C)OC(=O)NC(=S)N1CCCC1. The quantitative estimate of drug-likeness (QED) is 0.645. The Morgan fingerprint density at radius 1 is 1.33 bits per heavy atom. The normalized spacial score (nSPS) is 16.3. The van der Waals surface area contributed by atoms with E-state index in [4.69, 9.17) is 17.0 Å². The zero-order chi connectivity index (χ0) is 11.5. The van der Waals surface area contributed by atoms with Crippen LogP contribution in [0.2, 0.25) is 0 Å². The molecule has 1 rings (SSSR count). The molecule has 1 saturated heterocycles. The number of rotatable bonds is 0. The number of nitrogens with zero attached hydrogens (tertiary/aromatic N) is 1. The lowest BCUT2D eigenvalue weighted by molar-refractivity contribution is 0.0559. The lowest BCUT2D eigenvalue weighted by atomic mass is 10.2. The molecule has 0 spiro atoms. The number of likely N-dealkylation sites (tertiary alicyclic amines) is 1. The minimum atomic E-state index is -0.481. The van der Waals surface area contributed by atoms with Gasteiger partial charge < -0.3 is 9.64 Å². The number of hydrogen-bond acceptors (Lipinski definition) is 3. The van der Waals surface area contributed by atoms with Crippen molar-refractivity contribution in [1.82, 2.24) is 10.2 Å². The summed E-state index contributed by atoms with van der Waals surface area (Å²) >= 11 is 5.09. The molecule has 0 unspecified atom stereocenters. The van der Waals surface area contributed by atoms with Gasteiger partial charge in [-0.15, -0.1) is 0 Å². The summed E-state index contributed by atoms with van der Waals surface area (Å²) < 4.78 is 5.10. The van der Waals surface area contributed by atoms with Crippen LogP contribution in [0.25, 0.3) is 0 Å².